The van der Waals surface area contributed by atoms with E-state index in [4.69, 9.17) is 0 Å². The number of rotatable bonds is 6. The fourth-order valence-electron chi connectivity index (χ4n) is 3.25. The van der Waals surface area contributed by atoms with Crippen molar-refractivity contribution in [2.75, 3.05) is 23.4 Å². The number of sulfone groups is 1. The van der Waals surface area contributed by atoms with Crippen molar-refractivity contribution < 1.29 is 13.2 Å². The molecule has 1 aromatic carbocycles. The molecule has 1 amide bonds. The van der Waals surface area contributed by atoms with Crippen molar-refractivity contribution in [3.63, 3.8) is 0 Å². The van der Waals surface area contributed by atoms with Gasteiger partial charge >= 0.3 is 0 Å². The molecule has 8 heteroatoms. The van der Waals surface area contributed by atoms with Gasteiger partial charge in [0.1, 0.15) is 17.8 Å². The molecule has 1 fully saturated rings. The Morgan fingerprint density at radius 1 is 1.22 bits per heavy atom. The standard InChI is InChI=1S/C19H24N4O3S/c1-3-14-5-7-15(8-6-14)22-18-11-17(20-13-21-18)19(24)23(4-2)16-9-10-27(25,26)12-16/h5-8,11,13,16H,3-4,9-10,12H2,1-2H3,(H,20,21,22). The molecule has 1 aliphatic heterocycles. The van der Waals surface area contributed by atoms with Crippen molar-refractivity contribution in [2.45, 2.75) is 32.7 Å². The van der Waals surface area contributed by atoms with E-state index in [1.54, 1.807) is 11.0 Å². The number of hydrogen-bond donors (Lipinski definition) is 1. The van der Waals surface area contributed by atoms with Crippen LogP contribution in [0.25, 0.3) is 0 Å². The highest BCUT2D eigenvalue weighted by Crippen LogP contribution is 2.21. The summed E-state index contributed by atoms with van der Waals surface area (Å²) in [5.41, 5.74) is 2.37. The molecule has 0 saturated carbocycles. The molecular weight excluding hydrogens is 364 g/mol. The Morgan fingerprint density at radius 3 is 2.56 bits per heavy atom. The van der Waals surface area contributed by atoms with Crippen LogP contribution < -0.4 is 5.32 Å². The van der Waals surface area contributed by atoms with Crippen LogP contribution in [-0.2, 0) is 16.3 Å². The van der Waals surface area contributed by atoms with Crippen LogP contribution in [0.2, 0.25) is 0 Å². The van der Waals surface area contributed by atoms with Gasteiger partial charge < -0.3 is 10.2 Å². The number of carbonyl (C=O) groups is 1. The molecule has 2 heterocycles. The Balaban J connectivity index is 1.76. The molecule has 7 nitrogen and oxygen atoms in total. The summed E-state index contributed by atoms with van der Waals surface area (Å²) < 4.78 is 23.5. The van der Waals surface area contributed by atoms with Gasteiger partial charge in [-0.15, -0.1) is 0 Å². The molecule has 0 aliphatic carbocycles. The maximum atomic E-state index is 12.9. The Morgan fingerprint density at radius 2 is 1.96 bits per heavy atom. The number of anilines is 2. The highest BCUT2D eigenvalue weighted by molar-refractivity contribution is 7.91. The third kappa shape index (κ3) is 4.63. The Labute approximate surface area is 159 Å². The van der Waals surface area contributed by atoms with Crippen LogP contribution in [0.3, 0.4) is 0 Å². The summed E-state index contributed by atoms with van der Waals surface area (Å²) in [6, 6.07) is 9.31. The summed E-state index contributed by atoms with van der Waals surface area (Å²) in [6.45, 7) is 4.38. The van der Waals surface area contributed by atoms with E-state index < -0.39 is 9.84 Å². The Kier molecular flexibility index (Phi) is 5.74. The maximum absolute atomic E-state index is 12.9. The first kappa shape index (κ1) is 19.3. The molecule has 144 valence electrons. The van der Waals surface area contributed by atoms with Gasteiger partial charge in [0.2, 0.25) is 0 Å². The monoisotopic (exact) mass is 388 g/mol. The van der Waals surface area contributed by atoms with E-state index >= 15 is 0 Å². The second kappa shape index (κ2) is 8.04. The lowest BCUT2D eigenvalue weighted by molar-refractivity contribution is 0.0702. The van der Waals surface area contributed by atoms with Crippen LogP contribution >= 0.6 is 0 Å². The summed E-state index contributed by atoms with van der Waals surface area (Å²) in [5.74, 6) is 0.400. The maximum Gasteiger partial charge on any atom is 0.272 e. The largest absolute Gasteiger partial charge is 0.340 e. The number of nitrogens with zero attached hydrogens (tertiary/aromatic N) is 3. The molecular formula is C19H24N4O3S. The fourth-order valence-corrected chi connectivity index (χ4v) is 4.98. The lowest BCUT2D eigenvalue weighted by Gasteiger charge is -2.26. The van der Waals surface area contributed by atoms with E-state index in [0.29, 0.717) is 18.8 Å². The van der Waals surface area contributed by atoms with E-state index in [1.807, 2.05) is 31.2 Å². The predicted molar refractivity (Wildman–Crippen MR) is 105 cm³/mol. The number of aromatic nitrogens is 2. The van der Waals surface area contributed by atoms with Gasteiger partial charge in [-0.25, -0.2) is 18.4 Å². The SMILES string of the molecule is CCc1ccc(Nc2cc(C(=O)N(CC)C3CCS(=O)(=O)C3)ncn2)cc1. The summed E-state index contributed by atoms with van der Waals surface area (Å²) in [7, 11) is -3.06. The van der Waals surface area contributed by atoms with Crippen LogP contribution in [0.4, 0.5) is 11.5 Å². The number of nitrogens with one attached hydrogen (secondary N) is 1. The molecule has 1 N–H and O–H groups in total. The second-order valence-corrected chi connectivity index (χ2v) is 8.84. The third-order valence-electron chi connectivity index (χ3n) is 4.77. The lowest BCUT2D eigenvalue weighted by atomic mass is 10.1. The zero-order valence-electron chi connectivity index (χ0n) is 15.6. The van der Waals surface area contributed by atoms with Crippen molar-refractivity contribution >= 4 is 27.2 Å². The van der Waals surface area contributed by atoms with Crippen molar-refractivity contribution in [3.8, 4) is 0 Å². The van der Waals surface area contributed by atoms with Gasteiger partial charge in [-0.05, 0) is 37.5 Å². The lowest BCUT2D eigenvalue weighted by Crippen LogP contribution is -2.41. The van der Waals surface area contributed by atoms with E-state index in [2.05, 4.69) is 22.2 Å². The third-order valence-corrected chi connectivity index (χ3v) is 6.52. The van der Waals surface area contributed by atoms with Crippen LogP contribution in [0.15, 0.2) is 36.7 Å². The normalized spacial score (nSPS) is 18.2. The zero-order valence-corrected chi connectivity index (χ0v) is 16.4. The molecule has 0 radical (unpaired) electrons. The first-order valence-corrected chi connectivity index (χ1v) is 10.9. The molecule has 1 saturated heterocycles. The van der Waals surface area contributed by atoms with Crippen molar-refractivity contribution in [2.24, 2.45) is 0 Å². The Hall–Kier alpha value is -2.48. The summed E-state index contributed by atoms with van der Waals surface area (Å²) >= 11 is 0. The van der Waals surface area contributed by atoms with E-state index in [0.717, 1.165) is 12.1 Å². The average molecular weight is 388 g/mol. The van der Waals surface area contributed by atoms with E-state index in [1.165, 1.54) is 11.9 Å². The quantitative estimate of drug-likeness (QED) is 0.817. The fraction of sp³-hybridized carbons (Fsp3) is 0.421. The molecule has 0 bridgehead atoms. The number of aryl methyl sites for hydroxylation is 1. The van der Waals surface area contributed by atoms with Gasteiger partial charge in [-0.2, -0.15) is 0 Å². The molecule has 1 unspecified atom stereocenters. The molecule has 1 aromatic heterocycles. The number of hydrogen-bond acceptors (Lipinski definition) is 6. The minimum absolute atomic E-state index is 0.0204. The van der Waals surface area contributed by atoms with Gasteiger partial charge in [0.25, 0.3) is 5.91 Å². The first-order chi connectivity index (χ1) is 12.9. The second-order valence-electron chi connectivity index (χ2n) is 6.61. The van der Waals surface area contributed by atoms with Gasteiger partial charge in [-0.3, -0.25) is 4.79 Å². The van der Waals surface area contributed by atoms with E-state index in [9.17, 15) is 13.2 Å². The van der Waals surface area contributed by atoms with Crippen molar-refractivity contribution in [1.29, 1.82) is 0 Å². The van der Waals surface area contributed by atoms with Crippen LogP contribution in [0.1, 0.15) is 36.3 Å². The van der Waals surface area contributed by atoms with Gasteiger partial charge in [0, 0.05) is 24.3 Å². The minimum Gasteiger partial charge on any atom is -0.340 e. The molecule has 1 aliphatic rings. The Bertz CT molecular complexity index is 913. The summed E-state index contributed by atoms with van der Waals surface area (Å²) in [4.78, 5) is 22.7. The van der Waals surface area contributed by atoms with Crippen LogP contribution in [-0.4, -0.2) is 53.3 Å². The van der Waals surface area contributed by atoms with Crippen molar-refractivity contribution in [1.82, 2.24) is 14.9 Å². The van der Waals surface area contributed by atoms with Gasteiger partial charge in [0.05, 0.1) is 11.5 Å². The number of benzene rings is 1. The number of amides is 1. The van der Waals surface area contributed by atoms with Crippen LogP contribution in [0.5, 0.6) is 0 Å². The summed E-state index contributed by atoms with van der Waals surface area (Å²) in [5, 5.41) is 3.17. The molecule has 1 atom stereocenters. The zero-order chi connectivity index (χ0) is 19.4. The summed E-state index contributed by atoms with van der Waals surface area (Å²) in [6.07, 6.45) is 2.78. The van der Waals surface area contributed by atoms with Crippen LogP contribution in [0, 0.1) is 0 Å². The molecule has 0 spiro atoms. The smallest absolute Gasteiger partial charge is 0.272 e. The molecule has 3 rings (SSSR count). The average Bonchev–Trinajstić information content (AvgIpc) is 3.02. The first-order valence-electron chi connectivity index (χ1n) is 9.11. The topological polar surface area (TPSA) is 92.3 Å². The highest BCUT2D eigenvalue weighted by atomic mass is 32.2. The minimum atomic E-state index is -3.06. The predicted octanol–water partition coefficient (Wildman–Crippen LogP) is 2.43. The molecule has 2 aromatic rings. The van der Waals surface area contributed by atoms with Crippen molar-refractivity contribution in [3.05, 3.63) is 47.9 Å². The van der Waals surface area contributed by atoms with Gasteiger partial charge in [-0.1, -0.05) is 19.1 Å². The number of carbonyl (C=O) groups excluding carboxylic acids is 1. The molecule has 27 heavy (non-hydrogen) atoms. The highest BCUT2D eigenvalue weighted by Gasteiger charge is 2.34. The van der Waals surface area contributed by atoms with Gasteiger partial charge in [0.15, 0.2) is 9.84 Å². The van der Waals surface area contributed by atoms with E-state index in [-0.39, 0.29) is 29.1 Å².